The van der Waals surface area contributed by atoms with Crippen molar-refractivity contribution >= 4 is 16.7 Å². The standard InChI is InChI=1S/C16H22N2O/c1-3-4-5-6-9-13(19)12-15-14-10-7-8-11-16(14)18(2)17-15/h7-8,10-11H,3-6,9,12H2,1-2H3. The second kappa shape index (κ2) is 6.50. The lowest BCUT2D eigenvalue weighted by atomic mass is 10.1. The summed E-state index contributed by atoms with van der Waals surface area (Å²) in [6.07, 6.45) is 5.75. The van der Waals surface area contributed by atoms with Crippen LogP contribution in [0.25, 0.3) is 10.9 Å². The first kappa shape index (κ1) is 13.8. The minimum Gasteiger partial charge on any atom is -0.299 e. The van der Waals surface area contributed by atoms with Gasteiger partial charge in [0.1, 0.15) is 5.78 Å². The summed E-state index contributed by atoms with van der Waals surface area (Å²) in [5, 5.41) is 5.57. The molecular formula is C16H22N2O. The van der Waals surface area contributed by atoms with Crippen molar-refractivity contribution in [2.45, 2.75) is 45.4 Å². The van der Waals surface area contributed by atoms with Gasteiger partial charge in [-0.1, -0.05) is 44.4 Å². The molecule has 0 atom stereocenters. The smallest absolute Gasteiger partial charge is 0.138 e. The van der Waals surface area contributed by atoms with Crippen molar-refractivity contribution in [3.05, 3.63) is 30.0 Å². The number of carbonyl (C=O) groups is 1. The van der Waals surface area contributed by atoms with Gasteiger partial charge in [0.25, 0.3) is 0 Å². The molecule has 0 saturated carbocycles. The molecule has 102 valence electrons. The average Bonchev–Trinajstić information content (AvgIpc) is 2.72. The molecular weight excluding hydrogens is 236 g/mol. The Morgan fingerprint density at radius 3 is 2.79 bits per heavy atom. The Balaban J connectivity index is 1.99. The van der Waals surface area contributed by atoms with Gasteiger partial charge >= 0.3 is 0 Å². The Morgan fingerprint density at radius 2 is 2.00 bits per heavy atom. The molecule has 0 amide bonds. The SMILES string of the molecule is CCCCCCC(=O)Cc1nn(C)c2ccccc12. The number of rotatable bonds is 7. The number of hydrogen-bond donors (Lipinski definition) is 0. The zero-order valence-electron chi connectivity index (χ0n) is 11.9. The maximum absolute atomic E-state index is 12.0. The molecule has 0 aliphatic rings. The summed E-state index contributed by atoms with van der Waals surface area (Å²) in [7, 11) is 1.93. The number of carbonyl (C=O) groups excluding carboxylic acids is 1. The van der Waals surface area contributed by atoms with Crippen molar-refractivity contribution in [3.63, 3.8) is 0 Å². The van der Waals surface area contributed by atoms with E-state index in [4.69, 9.17) is 0 Å². The summed E-state index contributed by atoms with van der Waals surface area (Å²) < 4.78 is 1.86. The third-order valence-electron chi connectivity index (χ3n) is 3.51. The van der Waals surface area contributed by atoms with Gasteiger partial charge in [-0.15, -0.1) is 0 Å². The molecule has 0 saturated heterocycles. The van der Waals surface area contributed by atoms with Crippen LogP contribution in [0.2, 0.25) is 0 Å². The van der Waals surface area contributed by atoms with Gasteiger partial charge in [0.05, 0.1) is 17.6 Å². The summed E-state index contributed by atoms with van der Waals surface area (Å²) >= 11 is 0. The van der Waals surface area contributed by atoms with Gasteiger partial charge in [-0.05, 0) is 12.5 Å². The van der Waals surface area contributed by atoms with Gasteiger partial charge in [-0.2, -0.15) is 5.10 Å². The van der Waals surface area contributed by atoms with Crippen LogP contribution in [-0.2, 0) is 18.3 Å². The molecule has 0 bridgehead atoms. The first-order valence-electron chi connectivity index (χ1n) is 7.14. The number of unbranched alkanes of at least 4 members (excludes halogenated alkanes) is 3. The van der Waals surface area contributed by atoms with E-state index in [0.717, 1.165) is 29.4 Å². The maximum Gasteiger partial charge on any atom is 0.138 e. The Hall–Kier alpha value is -1.64. The summed E-state index contributed by atoms with van der Waals surface area (Å²) in [6.45, 7) is 2.18. The van der Waals surface area contributed by atoms with Crippen molar-refractivity contribution in [1.82, 2.24) is 9.78 Å². The minimum atomic E-state index is 0.306. The number of Topliss-reactive ketones (excluding diaryl/α,β-unsaturated/α-hetero) is 1. The predicted octanol–water partition coefficient (Wildman–Crippen LogP) is 3.66. The molecule has 0 N–H and O–H groups in total. The van der Waals surface area contributed by atoms with Crippen LogP contribution in [0, 0.1) is 0 Å². The molecule has 1 heterocycles. The van der Waals surface area contributed by atoms with Crippen molar-refractivity contribution in [2.24, 2.45) is 7.05 Å². The van der Waals surface area contributed by atoms with Crippen LogP contribution in [0.15, 0.2) is 24.3 Å². The molecule has 0 unspecified atom stereocenters. The summed E-state index contributed by atoms with van der Waals surface area (Å²) in [5.41, 5.74) is 2.01. The van der Waals surface area contributed by atoms with E-state index in [2.05, 4.69) is 12.0 Å². The highest BCUT2D eigenvalue weighted by molar-refractivity contribution is 5.88. The van der Waals surface area contributed by atoms with Crippen LogP contribution in [-0.4, -0.2) is 15.6 Å². The number of para-hydroxylation sites is 1. The van der Waals surface area contributed by atoms with E-state index in [1.54, 1.807) is 0 Å². The monoisotopic (exact) mass is 258 g/mol. The highest BCUT2D eigenvalue weighted by Gasteiger charge is 2.11. The summed E-state index contributed by atoms with van der Waals surface area (Å²) in [4.78, 5) is 12.0. The lowest BCUT2D eigenvalue weighted by molar-refractivity contribution is -0.118. The molecule has 1 aromatic carbocycles. The van der Waals surface area contributed by atoms with Crippen LogP contribution in [0.1, 0.15) is 44.7 Å². The van der Waals surface area contributed by atoms with Gasteiger partial charge in [0.2, 0.25) is 0 Å². The predicted molar refractivity (Wildman–Crippen MR) is 78.2 cm³/mol. The molecule has 2 aromatic rings. The van der Waals surface area contributed by atoms with E-state index in [-0.39, 0.29) is 0 Å². The minimum absolute atomic E-state index is 0.306. The van der Waals surface area contributed by atoms with E-state index in [0.29, 0.717) is 18.6 Å². The molecule has 3 nitrogen and oxygen atoms in total. The van der Waals surface area contributed by atoms with Gasteiger partial charge < -0.3 is 0 Å². The van der Waals surface area contributed by atoms with Crippen LogP contribution in [0.3, 0.4) is 0 Å². The van der Waals surface area contributed by atoms with Crippen molar-refractivity contribution in [3.8, 4) is 0 Å². The average molecular weight is 258 g/mol. The second-order valence-electron chi connectivity index (χ2n) is 5.11. The Kier molecular flexibility index (Phi) is 4.72. The Labute approximate surface area is 114 Å². The molecule has 0 fully saturated rings. The summed E-state index contributed by atoms with van der Waals surface area (Å²) in [6, 6.07) is 8.08. The van der Waals surface area contributed by atoms with Crippen molar-refractivity contribution in [1.29, 1.82) is 0 Å². The normalized spacial score (nSPS) is 11.1. The van der Waals surface area contributed by atoms with Crippen LogP contribution in [0.4, 0.5) is 0 Å². The summed E-state index contributed by atoms with van der Waals surface area (Å²) in [5.74, 6) is 0.306. The van der Waals surface area contributed by atoms with Gasteiger partial charge in [-0.25, -0.2) is 0 Å². The van der Waals surface area contributed by atoms with Gasteiger partial charge in [-0.3, -0.25) is 9.48 Å². The number of ketones is 1. The van der Waals surface area contributed by atoms with Crippen LogP contribution in [0.5, 0.6) is 0 Å². The number of aryl methyl sites for hydroxylation is 1. The lowest BCUT2D eigenvalue weighted by Gasteiger charge is -1.99. The Bertz CT molecular complexity index is 557. The number of aromatic nitrogens is 2. The van der Waals surface area contributed by atoms with Gasteiger partial charge in [0, 0.05) is 18.9 Å². The lowest BCUT2D eigenvalue weighted by Crippen LogP contribution is -2.04. The highest BCUT2D eigenvalue weighted by atomic mass is 16.1. The van der Waals surface area contributed by atoms with E-state index >= 15 is 0 Å². The fourth-order valence-corrected chi connectivity index (χ4v) is 2.44. The third kappa shape index (κ3) is 3.43. The van der Waals surface area contributed by atoms with E-state index in [9.17, 15) is 4.79 Å². The van der Waals surface area contributed by atoms with Crippen molar-refractivity contribution < 1.29 is 4.79 Å². The maximum atomic E-state index is 12.0. The number of fused-ring (bicyclic) bond motifs is 1. The number of nitrogens with zero attached hydrogens (tertiary/aromatic N) is 2. The largest absolute Gasteiger partial charge is 0.299 e. The fraction of sp³-hybridized carbons (Fsp3) is 0.500. The zero-order chi connectivity index (χ0) is 13.7. The molecule has 19 heavy (non-hydrogen) atoms. The first-order chi connectivity index (χ1) is 9.22. The topological polar surface area (TPSA) is 34.9 Å². The van der Waals surface area contributed by atoms with Crippen LogP contribution < -0.4 is 0 Å². The molecule has 0 radical (unpaired) electrons. The second-order valence-corrected chi connectivity index (χ2v) is 5.11. The molecule has 0 aliphatic carbocycles. The molecule has 2 rings (SSSR count). The molecule has 0 aliphatic heterocycles. The molecule has 0 spiro atoms. The fourth-order valence-electron chi connectivity index (χ4n) is 2.44. The van der Waals surface area contributed by atoms with Crippen LogP contribution >= 0.6 is 0 Å². The zero-order valence-corrected chi connectivity index (χ0v) is 11.9. The highest BCUT2D eigenvalue weighted by Crippen LogP contribution is 2.18. The van der Waals surface area contributed by atoms with Crippen molar-refractivity contribution in [2.75, 3.05) is 0 Å². The third-order valence-corrected chi connectivity index (χ3v) is 3.51. The quantitative estimate of drug-likeness (QED) is 0.710. The number of hydrogen-bond acceptors (Lipinski definition) is 2. The molecule has 1 aromatic heterocycles. The van der Waals surface area contributed by atoms with E-state index in [1.807, 2.05) is 36.0 Å². The van der Waals surface area contributed by atoms with E-state index < -0.39 is 0 Å². The first-order valence-corrected chi connectivity index (χ1v) is 7.14. The van der Waals surface area contributed by atoms with Gasteiger partial charge in [0.15, 0.2) is 0 Å². The van der Waals surface area contributed by atoms with E-state index in [1.165, 1.54) is 12.8 Å². The Morgan fingerprint density at radius 1 is 1.21 bits per heavy atom. The number of benzene rings is 1. The molecule has 3 heteroatoms.